The lowest BCUT2D eigenvalue weighted by Gasteiger charge is -2.33. The fraction of sp³-hybridized carbons (Fsp3) is 0.650. The Labute approximate surface area is 205 Å². The van der Waals surface area contributed by atoms with Crippen molar-refractivity contribution in [3.8, 4) is 0 Å². The van der Waals surface area contributed by atoms with Crippen molar-refractivity contribution in [2.45, 2.75) is 44.4 Å². The molecule has 2 saturated heterocycles. The van der Waals surface area contributed by atoms with E-state index in [1.54, 1.807) is 11.8 Å². The minimum atomic E-state index is -0.643. The zero-order valence-electron chi connectivity index (χ0n) is 16.8. The van der Waals surface area contributed by atoms with Gasteiger partial charge in [-0.25, -0.2) is 0 Å². The summed E-state index contributed by atoms with van der Waals surface area (Å²) in [5, 5.41) is 18.6. The standard InChI is InChI=1S/C20H30Cl2N4OS.HI/c1-2-23-19(24-13-20(27)7-10-28-14-20)25-16-5-8-26(9-6-16)12-15-3-4-17(21)18(22)11-15;/h3-4,11,16,27H,2,5-10,12-14H2,1H3,(H2,23,24,25);1H. The number of nitrogens with one attached hydrogen (secondary N) is 2. The number of aliphatic imine (C=N–C) groups is 1. The Morgan fingerprint density at radius 2 is 2.07 bits per heavy atom. The van der Waals surface area contributed by atoms with Crippen molar-refractivity contribution >= 4 is 64.9 Å². The van der Waals surface area contributed by atoms with Crippen LogP contribution in [0.5, 0.6) is 0 Å². The fourth-order valence-electron chi connectivity index (χ4n) is 3.59. The van der Waals surface area contributed by atoms with Crippen LogP contribution in [0, 0.1) is 0 Å². The van der Waals surface area contributed by atoms with Gasteiger partial charge in [0.15, 0.2) is 5.96 Å². The molecule has 2 heterocycles. The van der Waals surface area contributed by atoms with E-state index in [9.17, 15) is 5.11 Å². The van der Waals surface area contributed by atoms with Crippen molar-refractivity contribution < 1.29 is 5.11 Å². The van der Waals surface area contributed by atoms with Gasteiger partial charge in [0.2, 0.25) is 0 Å². The minimum absolute atomic E-state index is 0. The molecule has 0 amide bonds. The topological polar surface area (TPSA) is 59.9 Å². The molecule has 2 fully saturated rings. The van der Waals surface area contributed by atoms with Gasteiger partial charge in [0.25, 0.3) is 0 Å². The van der Waals surface area contributed by atoms with Crippen LogP contribution in [-0.4, -0.2) is 65.3 Å². The number of rotatable bonds is 6. The molecule has 0 radical (unpaired) electrons. The number of likely N-dealkylation sites (tertiary alicyclic amines) is 1. The maximum Gasteiger partial charge on any atom is 0.191 e. The summed E-state index contributed by atoms with van der Waals surface area (Å²) in [6, 6.07) is 6.26. The largest absolute Gasteiger partial charge is 0.387 e. The Kier molecular flexibility index (Phi) is 10.7. The Morgan fingerprint density at radius 1 is 1.31 bits per heavy atom. The molecular formula is C20H31Cl2IN4OS. The first-order valence-electron chi connectivity index (χ1n) is 9.99. The van der Waals surface area contributed by atoms with Crippen LogP contribution in [0.25, 0.3) is 0 Å². The molecule has 3 rings (SSSR count). The van der Waals surface area contributed by atoms with Gasteiger partial charge in [0, 0.05) is 38.0 Å². The summed E-state index contributed by atoms with van der Waals surface area (Å²) in [5.41, 5.74) is 0.550. The number of halogens is 3. The first kappa shape index (κ1) is 25.3. The third kappa shape index (κ3) is 7.92. The highest BCUT2D eigenvalue weighted by Gasteiger charge is 2.31. The third-order valence-electron chi connectivity index (χ3n) is 5.28. The third-order valence-corrected chi connectivity index (χ3v) is 7.25. The number of guanidine groups is 1. The number of thioether (sulfide) groups is 1. The van der Waals surface area contributed by atoms with Gasteiger partial charge in [-0.15, -0.1) is 24.0 Å². The quantitative estimate of drug-likeness (QED) is 0.273. The van der Waals surface area contributed by atoms with E-state index in [1.807, 2.05) is 18.2 Å². The van der Waals surface area contributed by atoms with Crippen LogP contribution in [0.1, 0.15) is 31.7 Å². The maximum atomic E-state index is 10.5. The van der Waals surface area contributed by atoms with E-state index in [-0.39, 0.29) is 24.0 Å². The summed E-state index contributed by atoms with van der Waals surface area (Å²) in [6.07, 6.45) is 2.95. The number of piperidine rings is 1. The summed E-state index contributed by atoms with van der Waals surface area (Å²) in [7, 11) is 0. The van der Waals surface area contributed by atoms with Gasteiger partial charge in [-0.1, -0.05) is 29.3 Å². The highest BCUT2D eigenvalue weighted by Crippen LogP contribution is 2.28. The summed E-state index contributed by atoms with van der Waals surface area (Å²) >= 11 is 13.9. The second-order valence-corrected chi connectivity index (χ2v) is 9.58. The lowest BCUT2D eigenvalue weighted by atomic mass is 10.0. The molecule has 1 aromatic rings. The van der Waals surface area contributed by atoms with Crippen LogP contribution in [0.3, 0.4) is 0 Å². The molecule has 164 valence electrons. The van der Waals surface area contributed by atoms with Gasteiger partial charge in [-0.2, -0.15) is 11.8 Å². The van der Waals surface area contributed by atoms with Crippen molar-refractivity contribution in [1.82, 2.24) is 15.5 Å². The van der Waals surface area contributed by atoms with E-state index in [1.165, 1.54) is 5.56 Å². The number of aliphatic hydroxyl groups is 1. The predicted molar refractivity (Wildman–Crippen MR) is 136 cm³/mol. The predicted octanol–water partition coefficient (Wildman–Crippen LogP) is 4.00. The number of hydrogen-bond donors (Lipinski definition) is 3. The van der Waals surface area contributed by atoms with Gasteiger partial charge in [-0.3, -0.25) is 9.89 Å². The van der Waals surface area contributed by atoms with E-state index < -0.39 is 5.60 Å². The minimum Gasteiger partial charge on any atom is -0.387 e. The smallest absolute Gasteiger partial charge is 0.191 e. The molecule has 29 heavy (non-hydrogen) atoms. The van der Waals surface area contributed by atoms with E-state index in [2.05, 4.69) is 27.4 Å². The van der Waals surface area contributed by atoms with Gasteiger partial charge < -0.3 is 15.7 Å². The molecule has 5 nitrogen and oxygen atoms in total. The van der Waals surface area contributed by atoms with Crippen LogP contribution in [-0.2, 0) is 6.54 Å². The molecule has 0 aromatic heterocycles. The molecule has 2 aliphatic heterocycles. The second kappa shape index (κ2) is 12.2. The molecule has 0 saturated carbocycles. The van der Waals surface area contributed by atoms with Crippen molar-refractivity contribution in [3.05, 3.63) is 33.8 Å². The monoisotopic (exact) mass is 572 g/mol. The Morgan fingerprint density at radius 3 is 2.69 bits per heavy atom. The Balaban J connectivity index is 0.00000300. The highest BCUT2D eigenvalue weighted by atomic mass is 127. The first-order chi connectivity index (χ1) is 13.5. The van der Waals surface area contributed by atoms with Crippen LogP contribution in [0.2, 0.25) is 10.0 Å². The van der Waals surface area contributed by atoms with Crippen molar-refractivity contribution in [2.24, 2.45) is 4.99 Å². The molecule has 0 bridgehead atoms. The van der Waals surface area contributed by atoms with E-state index in [0.717, 1.165) is 62.9 Å². The maximum absolute atomic E-state index is 10.5. The fourth-order valence-corrected chi connectivity index (χ4v) is 5.20. The number of nitrogens with zero attached hydrogens (tertiary/aromatic N) is 2. The zero-order valence-corrected chi connectivity index (χ0v) is 21.5. The summed E-state index contributed by atoms with van der Waals surface area (Å²) in [4.78, 5) is 7.10. The first-order valence-corrected chi connectivity index (χ1v) is 11.9. The average molecular weight is 573 g/mol. The molecule has 9 heteroatoms. The van der Waals surface area contributed by atoms with Crippen LogP contribution >= 0.6 is 58.9 Å². The molecule has 1 atom stereocenters. The van der Waals surface area contributed by atoms with Gasteiger partial charge in [0.1, 0.15) is 0 Å². The molecular weight excluding hydrogens is 542 g/mol. The summed E-state index contributed by atoms with van der Waals surface area (Å²) < 4.78 is 0. The average Bonchev–Trinajstić information content (AvgIpc) is 3.11. The van der Waals surface area contributed by atoms with Crippen LogP contribution in [0.15, 0.2) is 23.2 Å². The van der Waals surface area contributed by atoms with E-state index >= 15 is 0 Å². The summed E-state index contributed by atoms with van der Waals surface area (Å²) in [5.74, 6) is 2.62. The van der Waals surface area contributed by atoms with Crippen LogP contribution in [0.4, 0.5) is 0 Å². The van der Waals surface area contributed by atoms with E-state index in [0.29, 0.717) is 22.6 Å². The molecule has 0 aliphatic carbocycles. The van der Waals surface area contributed by atoms with Crippen molar-refractivity contribution in [2.75, 3.05) is 37.7 Å². The molecule has 2 aliphatic rings. The SMILES string of the molecule is CCNC(=NCC1(O)CCSC1)NC1CCN(Cc2ccc(Cl)c(Cl)c2)CC1.I. The van der Waals surface area contributed by atoms with Gasteiger partial charge >= 0.3 is 0 Å². The molecule has 3 N–H and O–H groups in total. The van der Waals surface area contributed by atoms with Gasteiger partial charge in [-0.05, 0) is 49.6 Å². The Bertz CT molecular complexity index is 680. The number of hydrogen-bond acceptors (Lipinski definition) is 4. The van der Waals surface area contributed by atoms with Crippen LogP contribution < -0.4 is 10.6 Å². The number of benzene rings is 1. The Hall–Kier alpha value is 0.0700. The lowest BCUT2D eigenvalue weighted by Crippen LogP contribution is -2.49. The lowest BCUT2D eigenvalue weighted by molar-refractivity contribution is 0.0778. The second-order valence-electron chi connectivity index (χ2n) is 7.67. The van der Waals surface area contributed by atoms with Crippen molar-refractivity contribution in [1.29, 1.82) is 0 Å². The highest BCUT2D eigenvalue weighted by molar-refractivity contribution is 14.0. The van der Waals surface area contributed by atoms with Crippen molar-refractivity contribution in [3.63, 3.8) is 0 Å². The van der Waals surface area contributed by atoms with E-state index in [4.69, 9.17) is 23.2 Å². The normalized spacial score (nSPS) is 23.7. The zero-order chi connectivity index (χ0) is 20.0. The summed E-state index contributed by atoms with van der Waals surface area (Å²) in [6.45, 7) is 6.29. The molecule has 0 spiro atoms. The molecule has 1 aromatic carbocycles. The van der Waals surface area contributed by atoms with Gasteiger partial charge in [0.05, 0.1) is 22.2 Å². The molecule has 1 unspecified atom stereocenters.